The molecule has 0 aromatic heterocycles. The lowest BCUT2D eigenvalue weighted by molar-refractivity contribution is -0.136. The van der Waals surface area contributed by atoms with Gasteiger partial charge in [-0.3, -0.25) is 14.4 Å². The Balaban J connectivity index is 1.67. The van der Waals surface area contributed by atoms with Gasteiger partial charge in [0.15, 0.2) is 11.5 Å². The van der Waals surface area contributed by atoms with Crippen LogP contribution in [-0.2, 0) is 14.3 Å². The molecule has 180 valence electrons. The lowest BCUT2D eigenvalue weighted by Gasteiger charge is -2.27. The molecule has 1 fully saturated rings. The van der Waals surface area contributed by atoms with Gasteiger partial charge in [0.1, 0.15) is 5.75 Å². The van der Waals surface area contributed by atoms with Crippen LogP contribution in [0.5, 0.6) is 17.2 Å². The molecule has 1 saturated heterocycles. The van der Waals surface area contributed by atoms with Crippen LogP contribution in [0, 0.1) is 0 Å². The number of morpholine rings is 1. The number of carbonyl (C=O) groups is 3. The van der Waals surface area contributed by atoms with Gasteiger partial charge in [0, 0.05) is 24.7 Å². The Bertz CT molecular complexity index is 1080. The predicted molar refractivity (Wildman–Crippen MR) is 124 cm³/mol. The highest BCUT2D eigenvalue weighted by Crippen LogP contribution is 2.33. The quantitative estimate of drug-likeness (QED) is 0.354. The van der Waals surface area contributed by atoms with E-state index in [1.807, 2.05) is 0 Å². The van der Waals surface area contributed by atoms with Crippen molar-refractivity contribution in [2.45, 2.75) is 0 Å². The lowest BCUT2D eigenvalue weighted by atomic mass is 10.1. The third kappa shape index (κ3) is 5.81. The molecule has 0 unspecified atom stereocenters. The van der Waals surface area contributed by atoms with Gasteiger partial charge in [-0.05, 0) is 18.2 Å². The highest BCUT2D eigenvalue weighted by molar-refractivity contribution is 6.40. The molecular weight excluding hydrogens is 444 g/mol. The Morgan fingerprint density at radius 1 is 0.941 bits per heavy atom. The molecule has 0 atom stereocenters. The van der Waals surface area contributed by atoms with Crippen molar-refractivity contribution in [1.29, 1.82) is 0 Å². The van der Waals surface area contributed by atoms with Gasteiger partial charge >= 0.3 is 11.8 Å². The van der Waals surface area contributed by atoms with Crippen molar-refractivity contribution in [2.75, 3.05) is 52.9 Å². The van der Waals surface area contributed by atoms with Crippen LogP contribution in [0.3, 0.4) is 0 Å². The Morgan fingerprint density at radius 3 is 2.26 bits per heavy atom. The zero-order valence-electron chi connectivity index (χ0n) is 19.1. The maximum absolute atomic E-state index is 12.8. The van der Waals surface area contributed by atoms with Crippen molar-refractivity contribution in [3.63, 3.8) is 0 Å². The van der Waals surface area contributed by atoms with Gasteiger partial charge in [-0.2, -0.15) is 5.10 Å². The van der Waals surface area contributed by atoms with E-state index in [-0.39, 0.29) is 17.2 Å². The zero-order valence-corrected chi connectivity index (χ0v) is 19.1. The Morgan fingerprint density at radius 2 is 1.59 bits per heavy atom. The lowest BCUT2D eigenvalue weighted by Crippen LogP contribution is -2.41. The van der Waals surface area contributed by atoms with Crippen LogP contribution in [0.1, 0.15) is 15.9 Å². The molecule has 1 heterocycles. The average Bonchev–Trinajstić information content (AvgIpc) is 2.88. The second-order valence-electron chi connectivity index (χ2n) is 7.05. The van der Waals surface area contributed by atoms with E-state index < -0.39 is 11.8 Å². The second-order valence-corrected chi connectivity index (χ2v) is 7.05. The number of nitrogens with one attached hydrogen (secondary N) is 2. The molecule has 0 spiro atoms. The molecule has 0 saturated carbocycles. The SMILES string of the molecule is COc1cc(OC)c(OC)cc1/C=N/NC(=O)C(=O)Nc1ccccc1C(=O)N1CCOCC1. The van der Waals surface area contributed by atoms with Crippen LogP contribution in [0.25, 0.3) is 0 Å². The molecule has 0 radical (unpaired) electrons. The molecule has 3 rings (SSSR count). The predicted octanol–water partition coefficient (Wildman–Crippen LogP) is 1.27. The van der Waals surface area contributed by atoms with E-state index in [0.717, 1.165) is 0 Å². The summed E-state index contributed by atoms with van der Waals surface area (Å²) >= 11 is 0. The third-order valence-corrected chi connectivity index (χ3v) is 5.02. The summed E-state index contributed by atoms with van der Waals surface area (Å²) in [7, 11) is 4.45. The Labute approximate surface area is 196 Å². The normalized spacial score (nSPS) is 13.3. The fourth-order valence-electron chi connectivity index (χ4n) is 3.26. The smallest absolute Gasteiger partial charge is 0.329 e. The van der Waals surface area contributed by atoms with Crippen LogP contribution in [-0.4, -0.2) is 76.5 Å². The van der Waals surface area contributed by atoms with Crippen molar-refractivity contribution in [3.8, 4) is 17.2 Å². The Hall–Kier alpha value is -4.12. The number of ether oxygens (including phenoxy) is 4. The standard InChI is InChI=1S/C23H26N4O7/c1-31-18-13-20(33-3)19(32-2)12-15(18)14-24-26-22(29)21(28)25-17-7-5-4-6-16(17)23(30)27-8-10-34-11-9-27/h4-7,12-14H,8-11H2,1-3H3,(H,25,28)(H,26,29)/b24-14+. The van der Waals surface area contributed by atoms with Crippen LogP contribution in [0.2, 0.25) is 0 Å². The van der Waals surface area contributed by atoms with Crippen molar-refractivity contribution >= 4 is 29.6 Å². The highest BCUT2D eigenvalue weighted by Gasteiger charge is 2.23. The monoisotopic (exact) mass is 470 g/mol. The van der Waals surface area contributed by atoms with Crippen LogP contribution in [0.4, 0.5) is 5.69 Å². The number of hydrogen-bond acceptors (Lipinski definition) is 8. The first-order valence-electron chi connectivity index (χ1n) is 10.4. The summed E-state index contributed by atoms with van der Waals surface area (Å²) in [6.45, 7) is 1.81. The molecule has 0 aliphatic carbocycles. The number of anilines is 1. The molecule has 1 aliphatic heterocycles. The van der Waals surface area contributed by atoms with Gasteiger partial charge in [0.05, 0.1) is 52.0 Å². The number of para-hydroxylation sites is 1. The maximum atomic E-state index is 12.8. The number of hydrazone groups is 1. The van der Waals surface area contributed by atoms with Crippen LogP contribution in [0.15, 0.2) is 41.5 Å². The molecule has 0 bridgehead atoms. The van der Waals surface area contributed by atoms with E-state index in [0.29, 0.717) is 49.1 Å². The fourth-order valence-corrected chi connectivity index (χ4v) is 3.26. The molecule has 3 amide bonds. The zero-order chi connectivity index (χ0) is 24.5. The average molecular weight is 470 g/mol. The van der Waals surface area contributed by atoms with E-state index in [9.17, 15) is 14.4 Å². The second kappa shape index (κ2) is 11.7. The fraction of sp³-hybridized carbons (Fsp3) is 0.304. The molecule has 2 aromatic carbocycles. The minimum Gasteiger partial charge on any atom is -0.496 e. The molecule has 2 N–H and O–H groups in total. The van der Waals surface area contributed by atoms with Crippen molar-refractivity contribution < 1.29 is 33.3 Å². The molecule has 34 heavy (non-hydrogen) atoms. The topological polar surface area (TPSA) is 128 Å². The summed E-state index contributed by atoms with van der Waals surface area (Å²) in [5.74, 6) is -0.905. The summed E-state index contributed by atoms with van der Waals surface area (Å²) in [6.07, 6.45) is 1.31. The van der Waals surface area contributed by atoms with Gasteiger partial charge < -0.3 is 29.2 Å². The van der Waals surface area contributed by atoms with Gasteiger partial charge in [0.2, 0.25) is 0 Å². The van der Waals surface area contributed by atoms with Gasteiger partial charge in [-0.15, -0.1) is 0 Å². The van der Waals surface area contributed by atoms with Crippen molar-refractivity contribution in [2.24, 2.45) is 5.10 Å². The van der Waals surface area contributed by atoms with E-state index >= 15 is 0 Å². The molecule has 11 heteroatoms. The first-order valence-corrected chi connectivity index (χ1v) is 10.4. The molecule has 11 nitrogen and oxygen atoms in total. The summed E-state index contributed by atoms with van der Waals surface area (Å²) < 4.78 is 21.0. The summed E-state index contributed by atoms with van der Waals surface area (Å²) in [5.41, 5.74) is 3.16. The Kier molecular flexibility index (Phi) is 8.41. The number of benzene rings is 2. The maximum Gasteiger partial charge on any atom is 0.329 e. The van der Waals surface area contributed by atoms with Gasteiger partial charge in [-0.25, -0.2) is 5.43 Å². The number of amides is 3. The number of hydrogen-bond donors (Lipinski definition) is 2. The number of carbonyl (C=O) groups excluding carboxylic acids is 3. The van der Waals surface area contributed by atoms with Crippen molar-refractivity contribution in [1.82, 2.24) is 10.3 Å². The molecule has 1 aliphatic rings. The highest BCUT2D eigenvalue weighted by atomic mass is 16.5. The summed E-state index contributed by atoms with van der Waals surface area (Å²) in [5, 5.41) is 6.29. The van der Waals surface area contributed by atoms with Crippen molar-refractivity contribution in [3.05, 3.63) is 47.5 Å². The van der Waals surface area contributed by atoms with Gasteiger partial charge in [0.25, 0.3) is 5.91 Å². The van der Waals surface area contributed by atoms with Gasteiger partial charge in [-0.1, -0.05) is 12.1 Å². The molecular formula is C23H26N4O7. The van der Waals surface area contributed by atoms with Crippen LogP contribution >= 0.6 is 0 Å². The van der Waals surface area contributed by atoms with E-state index in [1.54, 1.807) is 41.3 Å². The third-order valence-electron chi connectivity index (χ3n) is 5.02. The number of rotatable bonds is 7. The first-order chi connectivity index (χ1) is 16.5. The largest absolute Gasteiger partial charge is 0.496 e. The minimum atomic E-state index is -1.01. The van der Waals surface area contributed by atoms with E-state index in [1.165, 1.54) is 27.5 Å². The van der Waals surface area contributed by atoms with Crippen LogP contribution < -0.4 is 25.0 Å². The summed E-state index contributed by atoms with van der Waals surface area (Å²) in [4.78, 5) is 39.1. The number of methoxy groups -OCH3 is 3. The summed E-state index contributed by atoms with van der Waals surface area (Å²) in [6, 6.07) is 9.71. The number of nitrogens with zero attached hydrogens (tertiary/aromatic N) is 2. The van der Waals surface area contributed by atoms with E-state index in [2.05, 4.69) is 15.8 Å². The first kappa shape index (κ1) is 24.5. The minimum absolute atomic E-state index is 0.227. The molecule has 2 aromatic rings. The van der Waals surface area contributed by atoms with E-state index in [4.69, 9.17) is 18.9 Å².